The molecule has 0 saturated carbocycles. The first-order chi connectivity index (χ1) is 12.7. The highest BCUT2D eigenvalue weighted by atomic mass is 32.2. The molecule has 148 valence electrons. The highest BCUT2D eigenvalue weighted by Crippen LogP contribution is 2.14. The number of likely N-dealkylation sites (N-methyl/N-ethyl adjacent to an activating group) is 1. The maximum absolute atomic E-state index is 10.3. The Labute approximate surface area is 163 Å². The molecule has 1 aliphatic heterocycles. The van der Waals surface area contributed by atoms with E-state index in [4.69, 9.17) is 4.74 Å². The van der Waals surface area contributed by atoms with Gasteiger partial charge in [0.2, 0.25) is 0 Å². The lowest BCUT2D eigenvalue weighted by Crippen LogP contribution is -2.49. The van der Waals surface area contributed by atoms with Crippen molar-refractivity contribution in [1.82, 2.24) is 15.1 Å². The standard InChI is InChI=1S/C20H35N3O2S/c1-3-22-9-11-23(12-10-22)16-19(24)17-25-20-7-4-6-18(14-20)15-21-8-5-13-26-2/h4,6-7,14,19,21,24H,3,5,8-13,15-17H2,1-2H3. The van der Waals surface area contributed by atoms with Crippen LogP contribution in [0.1, 0.15) is 18.9 Å². The lowest BCUT2D eigenvalue weighted by atomic mass is 10.2. The van der Waals surface area contributed by atoms with Gasteiger partial charge < -0.3 is 20.1 Å². The Morgan fingerprint density at radius 2 is 2.00 bits per heavy atom. The van der Waals surface area contributed by atoms with Crippen molar-refractivity contribution < 1.29 is 9.84 Å². The summed E-state index contributed by atoms with van der Waals surface area (Å²) in [7, 11) is 0. The van der Waals surface area contributed by atoms with Crippen molar-refractivity contribution >= 4 is 11.8 Å². The molecular weight excluding hydrogens is 346 g/mol. The van der Waals surface area contributed by atoms with Gasteiger partial charge in [0.15, 0.2) is 0 Å². The normalized spacial score (nSPS) is 17.3. The number of ether oxygens (including phenoxy) is 1. The highest BCUT2D eigenvalue weighted by molar-refractivity contribution is 7.98. The Kier molecular flexibility index (Phi) is 10.4. The number of nitrogens with one attached hydrogen (secondary N) is 1. The number of rotatable bonds is 12. The van der Waals surface area contributed by atoms with Crippen LogP contribution >= 0.6 is 11.8 Å². The molecule has 1 aromatic rings. The summed E-state index contributed by atoms with van der Waals surface area (Å²) in [6.07, 6.45) is 2.88. The molecule has 0 spiro atoms. The van der Waals surface area contributed by atoms with Gasteiger partial charge in [-0.1, -0.05) is 19.1 Å². The Bertz CT molecular complexity index is 496. The number of aliphatic hydroxyl groups is 1. The second kappa shape index (κ2) is 12.6. The molecule has 1 aromatic carbocycles. The third-order valence-electron chi connectivity index (χ3n) is 4.75. The van der Waals surface area contributed by atoms with Gasteiger partial charge in [-0.2, -0.15) is 11.8 Å². The first kappa shape index (κ1) is 21.5. The quantitative estimate of drug-likeness (QED) is 0.540. The third-order valence-corrected chi connectivity index (χ3v) is 5.45. The number of piperazine rings is 1. The van der Waals surface area contributed by atoms with E-state index < -0.39 is 6.10 Å². The van der Waals surface area contributed by atoms with Crippen LogP contribution in [0.2, 0.25) is 0 Å². The average Bonchev–Trinajstić information content (AvgIpc) is 2.67. The molecule has 1 fully saturated rings. The van der Waals surface area contributed by atoms with Gasteiger partial charge in [0.05, 0.1) is 0 Å². The van der Waals surface area contributed by atoms with Crippen LogP contribution in [0.15, 0.2) is 24.3 Å². The summed E-state index contributed by atoms with van der Waals surface area (Å²) >= 11 is 1.88. The van der Waals surface area contributed by atoms with Crippen molar-refractivity contribution in [3.8, 4) is 5.75 Å². The molecule has 0 bridgehead atoms. The van der Waals surface area contributed by atoms with Crippen LogP contribution in [0.5, 0.6) is 5.75 Å². The molecule has 1 heterocycles. The molecule has 1 saturated heterocycles. The molecule has 1 atom stereocenters. The Balaban J connectivity index is 1.66. The Morgan fingerprint density at radius 1 is 1.23 bits per heavy atom. The minimum atomic E-state index is -0.448. The maximum Gasteiger partial charge on any atom is 0.119 e. The number of hydrogen-bond acceptors (Lipinski definition) is 6. The third kappa shape index (κ3) is 8.27. The van der Waals surface area contributed by atoms with E-state index in [9.17, 15) is 5.11 Å². The smallest absolute Gasteiger partial charge is 0.119 e. The van der Waals surface area contributed by atoms with Gasteiger partial charge in [-0.25, -0.2) is 0 Å². The van der Waals surface area contributed by atoms with Crippen LogP contribution in [0.25, 0.3) is 0 Å². The minimum absolute atomic E-state index is 0.346. The average molecular weight is 382 g/mol. The van der Waals surface area contributed by atoms with Gasteiger partial charge in [0, 0.05) is 39.3 Å². The van der Waals surface area contributed by atoms with Crippen molar-refractivity contribution in [2.45, 2.75) is 26.0 Å². The van der Waals surface area contributed by atoms with Crippen molar-refractivity contribution in [2.75, 3.05) is 64.4 Å². The largest absolute Gasteiger partial charge is 0.491 e. The van der Waals surface area contributed by atoms with Crippen LogP contribution in [-0.2, 0) is 6.54 Å². The lowest BCUT2D eigenvalue weighted by Gasteiger charge is -2.34. The first-order valence-corrected chi connectivity index (χ1v) is 11.1. The van der Waals surface area contributed by atoms with E-state index in [0.717, 1.165) is 51.6 Å². The summed E-state index contributed by atoms with van der Waals surface area (Å²) in [5, 5.41) is 13.7. The van der Waals surface area contributed by atoms with E-state index in [1.54, 1.807) is 0 Å². The molecule has 5 nitrogen and oxygen atoms in total. The fourth-order valence-electron chi connectivity index (χ4n) is 3.15. The second-order valence-corrected chi connectivity index (χ2v) is 7.86. The van der Waals surface area contributed by atoms with Crippen LogP contribution < -0.4 is 10.1 Å². The SMILES string of the molecule is CCN1CCN(CC(O)COc2cccc(CNCCCSC)c2)CC1. The molecule has 1 aliphatic rings. The summed E-state index contributed by atoms with van der Waals surface area (Å²) in [6, 6.07) is 8.15. The molecule has 2 N–H and O–H groups in total. The summed E-state index contributed by atoms with van der Waals surface area (Å²) in [5.41, 5.74) is 1.22. The monoisotopic (exact) mass is 381 g/mol. The molecule has 26 heavy (non-hydrogen) atoms. The van der Waals surface area contributed by atoms with E-state index in [2.05, 4.69) is 40.4 Å². The zero-order chi connectivity index (χ0) is 18.6. The predicted octanol–water partition coefficient (Wildman–Crippen LogP) is 1.91. The van der Waals surface area contributed by atoms with Gasteiger partial charge >= 0.3 is 0 Å². The van der Waals surface area contributed by atoms with E-state index in [-0.39, 0.29) is 0 Å². The molecule has 1 unspecified atom stereocenters. The molecule has 0 radical (unpaired) electrons. The number of thioether (sulfide) groups is 1. The van der Waals surface area contributed by atoms with Crippen LogP contribution in [0.4, 0.5) is 0 Å². The van der Waals surface area contributed by atoms with Crippen LogP contribution in [-0.4, -0.2) is 85.4 Å². The molecule has 2 rings (SSSR count). The molecular formula is C20H35N3O2S. The minimum Gasteiger partial charge on any atom is -0.491 e. The van der Waals surface area contributed by atoms with E-state index >= 15 is 0 Å². The number of β-amino-alcohol motifs (C(OH)–C–C–N with tert-alkyl or cyclic N) is 1. The van der Waals surface area contributed by atoms with Crippen molar-refractivity contribution in [3.05, 3.63) is 29.8 Å². The number of benzene rings is 1. The van der Waals surface area contributed by atoms with Crippen molar-refractivity contribution in [2.24, 2.45) is 0 Å². The molecule has 0 aliphatic carbocycles. The van der Waals surface area contributed by atoms with E-state index in [1.165, 1.54) is 17.7 Å². The van der Waals surface area contributed by atoms with Crippen LogP contribution in [0, 0.1) is 0 Å². The summed E-state index contributed by atoms with van der Waals surface area (Å²) < 4.78 is 5.82. The molecule has 0 aromatic heterocycles. The number of nitrogens with zero attached hydrogens (tertiary/aromatic N) is 2. The summed E-state index contributed by atoms with van der Waals surface area (Å²) in [5.74, 6) is 2.03. The van der Waals surface area contributed by atoms with Gasteiger partial charge in [0.25, 0.3) is 0 Å². The fourth-order valence-corrected chi connectivity index (χ4v) is 3.58. The van der Waals surface area contributed by atoms with Gasteiger partial charge in [-0.05, 0) is 49.2 Å². The second-order valence-electron chi connectivity index (χ2n) is 6.87. The van der Waals surface area contributed by atoms with Gasteiger partial charge in [0.1, 0.15) is 18.5 Å². The topological polar surface area (TPSA) is 48.0 Å². The molecule has 6 heteroatoms. The first-order valence-electron chi connectivity index (χ1n) is 9.75. The van der Waals surface area contributed by atoms with Crippen molar-refractivity contribution in [1.29, 1.82) is 0 Å². The summed E-state index contributed by atoms with van der Waals surface area (Å²) in [6.45, 7) is 10.5. The molecule has 0 amide bonds. The number of hydrogen-bond donors (Lipinski definition) is 2. The fraction of sp³-hybridized carbons (Fsp3) is 0.700. The maximum atomic E-state index is 10.3. The van der Waals surface area contributed by atoms with Crippen LogP contribution in [0.3, 0.4) is 0 Å². The summed E-state index contributed by atoms with van der Waals surface area (Å²) in [4.78, 5) is 4.77. The Morgan fingerprint density at radius 3 is 2.73 bits per heavy atom. The van der Waals surface area contributed by atoms with E-state index in [1.807, 2.05) is 23.9 Å². The van der Waals surface area contributed by atoms with Crippen molar-refractivity contribution in [3.63, 3.8) is 0 Å². The lowest BCUT2D eigenvalue weighted by molar-refractivity contribution is 0.0471. The highest BCUT2D eigenvalue weighted by Gasteiger charge is 2.18. The zero-order valence-corrected chi connectivity index (χ0v) is 17.1. The van der Waals surface area contributed by atoms with Gasteiger partial charge in [-0.15, -0.1) is 0 Å². The van der Waals surface area contributed by atoms with E-state index in [0.29, 0.717) is 13.2 Å². The predicted molar refractivity (Wildman–Crippen MR) is 111 cm³/mol. The zero-order valence-electron chi connectivity index (χ0n) is 16.3. The Hall–Kier alpha value is -0.790. The van der Waals surface area contributed by atoms with Gasteiger partial charge in [-0.3, -0.25) is 4.90 Å². The number of aliphatic hydroxyl groups excluding tert-OH is 1.